The molecule has 0 unspecified atom stereocenters. The Hall–Kier alpha value is -1.55. The molecule has 2 heterocycles. The van der Waals surface area contributed by atoms with Crippen LogP contribution in [0, 0.1) is 0 Å². The van der Waals surface area contributed by atoms with Crippen LogP contribution in [0.1, 0.15) is 0 Å². The summed E-state index contributed by atoms with van der Waals surface area (Å²) in [5, 5.41) is -0.236. The zero-order chi connectivity index (χ0) is 13.7. The van der Waals surface area contributed by atoms with Gasteiger partial charge in [-0.05, 0) is 12.2 Å². The number of carbonyl (C=O) groups is 1. The van der Waals surface area contributed by atoms with Crippen molar-refractivity contribution in [1.82, 2.24) is 13.9 Å². The first-order valence-electron chi connectivity index (χ1n) is 4.83. The van der Waals surface area contributed by atoms with Gasteiger partial charge < -0.3 is 0 Å². The molecule has 8 nitrogen and oxygen atoms in total. The number of carbonyl (C=O) groups excluding carboxylic acids is 1. The van der Waals surface area contributed by atoms with Crippen LogP contribution in [-0.4, -0.2) is 51.9 Å². The third kappa shape index (κ3) is 1.97. The molecule has 0 saturated carbocycles. The number of hydrogen-bond acceptors (Lipinski definition) is 5. The molecule has 0 bridgehead atoms. The Kier molecular flexibility index (Phi) is 2.66. The van der Waals surface area contributed by atoms with Gasteiger partial charge >= 0.3 is 6.03 Å². The molecule has 2 rings (SSSR count). The van der Waals surface area contributed by atoms with E-state index in [0.717, 1.165) is 21.5 Å². The molecule has 10 heteroatoms. The van der Waals surface area contributed by atoms with Gasteiger partial charge in [-0.1, -0.05) is 0 Å². The van der Waals surface area contributed by atoms with E-state index in [2.05, 4.69) is 0 Å². The predicted octanol–water partition coefficient (Wildman–Crippen LogP) is -1.03. The fourth-order valence-electron chi connectivity index (χ4n) is 1.58. The van der Waals surface area contributed by atoms with Crippen LogP contribution in [0.2, 0.25) is 0 Å². The average molecular weight is 293 g/mol. The van der Waals surface area contributed by atoms with Crippen LogP contribution in [0.15, 0.2) is 22.9 Å². The first kappa shape index (κ1) is 12.9. The monoisotopic (exact) mass is 293 g/mol. The molecule has 1 N–H and O–H groups in total. The van der Waals surface area contributed by atoms with Crippen LogP contribution in [0.25, 0.3) is 0 Å². The van der Waals surface area contributed by atoms with Crippen molar-refractivity contribution in [1.29, 1.82) is 0 Å². The quantitative estimate of drug-likeness (QED) is 0.701. The van der Waals surface area contributed by atoms with Crippen LogP contribution in [0.3, 0.4) is 0 Å². The SMILES string of the molecule is CN(C1=CCN2C(=O)NS(=O)(=O)C2=C1)S(C)(=O)=O. The van der Waals surface area contributed by atoms with E-state index in [1.54, 1.807) is 0 Å². The molecule has 0 atom stereocenters. The number of fused-ring (bicyclic) bond motifs is 1. The lowest BCUT2D eigenvalue weighted by atomic mass is 10.3. The Labute approximate surface area is 105 Å². The van der Waals surface area contributed by atoms with Gasteiger partial charge in [-0.2, -0.15) is 8.42 Å². The highest BCUT2D eigenvalue weighted by molar-refractivity contribution is 7.94. The van der Waals surface area contributed by atoms with Gasteiger partial charge in [-0.25, -0.2) is 17.9 Å². The van der Waals surface area contributed by atoms with E-state index in [0.29, 0.717) is 0 Å². The van der Waals surface area contributed by atoms with Crippen molar-refractivity contribution in [3.8, 4) is 0 Å². The lowest BCUT2D eigenvalue weighted by molar-refractivity contribution is 0.226. The molecule has 0 aromatic rings. The van der Waals surface area contributed by atoms with Crippen molar-refractivity contribution in [3.63, 3.8) is 0 Å². The molecule has 0 aliphatic carbocycles. The smallest absolute Gasteiger partial charge is 0.278 e. The number of nitrogens with zero attached hydrogens (tertiary/aromatic N) is 2. The fourth-order valence-corrected chi connectivity index (χ4v) is 3.26. The first-order chi connectivity index (χ1) is 8.13. The number of allylic oxidation sites excluding steroid dienone is 1. The number of rotatable bonds is 2. The van der Waals surface area contributed by atoms with Crippen molar-refractivity contribution in [2.75, 3.05) is 19.8 Å². The largest absolute Gasteiger partial charge is 0.336 e. The molecule has 0 aromatic carbocycles. The Morgan fingerprint density at radius 2 is 2.06 bits per heavy atom. The number of sulfonamides is 2. The summed E-state index contributed by atoms with van der Waals surface area (Å²) in [6.45, 7) is 0.00604. The second-order valence-electron chi connectivity index (χ2n) is 3.86. The highest BCUT2D eigenvalue weighted by atomic mass is 32.2. The van der Waals surface area contributed by atoms with Crippen molar-refractivity contribution < 1.29 is 21.6 Å². The molecule has 100 valence electrons. The lowest BCUT2D eigenvalue weighted by Gasteiger charge is -2.23. The normalized spacial score (nSPS) is 21.9. The predicted molar refractivity (Wildman–Crippen MR) is 62.9 cm³/mol. The van der Waals surface area contributed by atoms with Gasteiger partial charge in [0.15, 0.2) is 5.03 Å². The molecular formula is C8H11N3O5S2. The van der Waals surface area contributed by atoms with Gasteiger partial charge in [-0.15, -0.1) is 0 Å². The number of likely N-dealkylation sites (N-methyl/N-ethyl adjacent to an activating group) is 1. The molecule has 0 aromatic heterocycles. The van der Waals surface area contributed by atoms with E-state index in [1.165, 1.54) is 13.1 Å². The molecule has 1 saturated heterocycles. The highest BCUT2D eigenvalue weighted by Crippen LogP contribution is 2.26. The van der Waals surface area contributed by atoms with Gasteiger partial charge in [-0.3, -0.25) is 9.21 Å². The summed E-state index contributed by atoms with van der Waals surface area (Å²) in [5.41, 5.74) is 0.212. The van der Waals surface area contributed by atoms with Crippen molar-refractivity contribution >= 4 is 26.1 Å². The summed E-state index contributed by atoms with van der Waals surface area (Å²) < 4.78 is 48.7. The second-order valence-corrected chi connectivity index (χ2v) is 7.51. The van der Waals surface area contributed by atoms with E-state index >= 15 is 0 Å². The standard InChI is InChI=1S/C8H11N3O5S2/c1-10(17(2,13)14)6-3-4-11-7(5-6)18(15,16)9-8(11)12/h3,5H,4H2,1-2H3,(H,9,12). The van der Waals surface area contributed by atoms with Gasteiger partial charge in [0.2, 0.25) is 10.0 Å². The third-order valence-electron chi connectivity index (χ3n) is 2.62. The van der Waals surface area contributed by atoms with E-state index in [-0.39, 0.29) is 17.3 Å². The van der Waals surface area contributed by atoms with Gasteiger partial charge in [0, 0.05) is 13.6 Å². The van der Waals surface area contributed by atoms with Crippen LogP contribution < -0.4 is 4.72 Å². The number of urea groups is 1. The second kappa shape index (κ2) is 3.72. The van der Waals surface area contributed by atoms with Crippen molar-refractivity contribution in [3.05, 3.63) is 22.9 Å². The molecular weight excluding hydrogens is 282 g/mol. The molecule has 2 amide bonds. The number of hydrogen-bond donors (Lipinski definition) is 1. The lowest BCUT2D eigenvalue weighted by Crippen LogP contribution is -2.32. The van der Waals surface area contributed by atoms with E-state index in [9.17, 15) is 21.6 Å². The van der Waals surface area contributed by atoms with Gasteiger partial charge in [0.05, 0.1) is 12.0 Å². The minimum absolute atomic E-state index is 0.00604. The summed E-state index contributed by atoms with van der Waals surface area (Å²) >= 11 is 0. The number of amides is 2. The van der Waals surface area contributed by atoms with Gasteiger partial charge in [0.1, 0.15) is 0 Å². The maximum absolute atomic E-state index is 11.6. The minimum atomic E-state index is -3.88. The summed E-state index contributed by atoms with van der Waals surface area (Å²) in [6, 6.07) is -0.737. The third-order valence-corrected chi connectivity index (χ3v) is 5.16. The summed E-state index contributed by atoms with van der Waals surface area (Å²) in [5.74, 6) is 0. The molecule has 0 spiro atoms. The summed E-state index contributed by atoms with van der Waals surface area (Å²) in [4.78, 5) is 12.4. The van der Waals surface area contributed by atoms with E-state index in [4.69, 9.17) is 0 Å². The molecule has 1 fully saturated rings. The Bertz CT molecular complexity index is 674. The molecule has 2 aliphatic heterocycles. The maximum atomic E-state index is 11.6. The molecule has 18 heavy (non-hydrogen) atoms. The van der Waals surface area contributed by atoms with Crippen LogP contribution in [0.5, 0.6) is 0 Å². The zero-order valence-electron chi connectivity index (χ0n) is 9.61. The zero-order valence-corrected chi connectivity index (χ0v) is 11.2. The first-order valence-corrected chi connectivity index (χ1v) is 8.16. The Morgan fingerprint density at radius 1 is 1.44 bits per heavy atom. The van der Waals surface area contributed by atoms with Crippen molar-refractivity contribution in [2.24, 2.45) is 0 Å². The number of nitrogens with one attached hydrogen (secondary N) is 1. The van der Waals surface area contributed by atoms with Gasteiger partial charge in [0.25, 0.3) is 10.0 Å². The van der Waals surface area contributed by atoms with Crippen LogP contribution in [0.4, 0.5) is 4.79 Å². The fraction of sp³-hybridized carbons (Fsp3) is 0.375. The molecule has 0 radical (unpaired) electrons. The molecule has 2 aliphatic rings. The topological polar surface area (TPSA) is 104 Å². The van der Waals surface area contributed by atoms with E-state index < -0.39 is 26.1 Å². The Morgan fingerprint density at radius 3 is 2.61 bits per heavy atom. The minimum Gasteiger partial charge on any atom is -0.278 e. The summed E-state index contributed by atoms with van der Waals surface area (Å²) in [6.07, 6.45) is 3.62. The Balaban J connectivity index is 2.45. The van der Waals surface area contributed by atoms with Crippen molar-refractivity contribution in [2.45, 2.75) is 0 Å². The van der Waals surface area contributed by atoms with Crippen LogP contribution >= 0.6 is 0 Å². The van der Waals surface area contributed by atoms with Crippen LogP contribution in [-0.2, 0) is 20.0 Å². The average Bonchev–Trinajstić information content (AvgIpc) is 2.47. The van der Waals surface area contributed by atoms with E-state index in [1.807, 2.05) is 4.72 Å². The summed E-state index contributed by atoms with van der Waals surface area (Å²) in [7, 11) is -6.05. The maximum Gasteiger partial charge on any atom is 0.336 e. The highest BCUT2D eigenvalue weighted by Gasteiger charge is 2.40.